The Morgan fingerprint density at radius 1 is 1.28 bits per heavy atom. The fraction of sp³-hybridized carbons (Fsp3) is 0.273. The Morgan fingerprint density at radius 3 is 2.67 bits per heavy atom. The zero-order chi connectivity index (χ0) is 12.8. The van der Waals surface area contributed by atoms with Crippen LogP contribution in [0.15, 0.2) is 18.2 Å². The minimum Gasteiger partial charge on any atom is -0.480 e. The molecule has 0 bridgehead atoms. The van der Waals surface area contributed by atoms with E-state index in [1.807, 2.05) is 0 Å². The van der Waals surface area contributed by atoms with E-state index in [4.69, 9.17) is 5.11 Å². The number of hydrogen-bond donors (Lipinski definition) is 3. The maximum Gasteiger partial charge on any atom is 0.319 e. The largest absolute Gasteiger partial charge is 0.480 e. The van der Waals surface area contributed by atoms with Gasteiger partial charge in [-0.15, -0.1) is 0 Å². The quantitative estimate of drug-likeness (QED) is 0.693. The smallest absolute Gasteiger partial charge is 0.319 e. The number of rotatable bonds is 3. The van der Waals surface area contributed by atoms with Crippen LogP contribution < -0.4 is 5.32 Å². The molecule has 3 N–H and O–H groups in total. The van der Waals surface area contributed by atoms with Crippen LogP contribution in [0.4, 0.5) is 5.69 Å². The first-order chi connectivity index (χ1) is 8.62. The molecule has 0 atom stereocenters. The first kappa shape index (κ1) is 10.7. The number of nitrogens with zero attached hydrogens (tertiary/aromatic N) is 2. The van der Waals surface area contributed by atoms with Gasteiger partial charge in [-0.05, 0) is 31.0 Å². The molecule has 1 amide bonds. The van der Waals surface area contributed by atoms with E-state index in [1.54, 1.807) is 18.2 Å². The van der Waals surface area contributed by atoms with Crippen molar-refractivity contribution >= 4 is 28.6 Å². The minimum absolute atomic E-state index is 0.389. The highest BCUT2D eigenvalue weighted by Crippen LogP contribution is 2.46. The molecule has 0 saturated heterocycles. The molecule has 7 heteroatoms. The third-order valence-electron chi connectivity index (χ3n) is 3.17. The molecule has 3 rings (SSSR count). The number of anilines is 1. The summed E-state index contributed by atoms with van der Waals surface area (Å²) in [6.07, 6.45) is 0.779. The molecule has 0 spiro atoms. The van der Waals surface area contributed by atoms with Crippen LogP contribution in [0.1, 0.15) is 12.8 Å². The first-order valence-corrected chi connectivity index (χ1v) is 5.47. The number of benzene rings is 1. The highest BCUT2D eigenvalue weighted by Gasteiger charge is 2.57. The number of hydrogen-bond acceptors (Lipinski definition) is 4. The fourth-order valence-electron chi connectivity index (χ4n) is 1.83. The second-order valence-corrected chi connectivity index (χ2v) is 4.37. The third-order valence-corrected chi connectivity index (χ3v) is 3.17. The number of aromatic amines is 1. The van der Waals surface area contributed by atoms with E-state index in [1.165, 1.54) is 0 Å². The van der Waals surface area contributed by atoms with E-state index in [0.29, 0.717) is 29.6 Å². The number of amides is 1. The molecule has 1 heterocycles. The van der Waals surface area contributed by atoms with Crippen molar-refractivity contribution in [2.24, 2.45) is 5.41 Å². The van der Waals surface area contributed by atoms with Gasteiger partial charge in [0, 0.05) is 5.69 Å². The predicted octanol–water partition coefficient (Wildman–Crippen LogP) is 0.761. The van der Waals surface area contributed by atoms with E-state index >= 15 is 0 Å². The van der Waals surface area contributed by atoms with Crippen LogP contribution in [-0.2, 0) is 9.59 Å². The molecule has 1 aliphatic rings. The molecule has 1 saturated carbocycles. The number of carboxylic acid groups (broad SMARTS) is 1. The zero-order valence-electron chi connectivity index (χ0n) is 9.30. The average molecular weight is 246 g/mol. The fourth-order valence-corrected chi connectivity index (χ4v) is 1.83. The number of fused-ring (bicyclic) bond motifs is 1. The van der Waals surface area contributed by atoms with Gasteiger partial charge in [-0.2, -0.15) is 15.4 Å². The molecule has 18 heavy (non-hydrogen) atoms. The second kappa shape index (κ2) is 3.52. The topological polar surface area (TPSA) is 108 Å². The summed E-state index contributed by atoms with van der Waals surface area (Å²) in [5.41, 5.74) is 0.591. The average Bonchev–Trinajstić information content (AvgIpc) is 3.03. The highest BCUT2D eigenvalue weighted by atomic mass is 16.4. The number of carbonyl (C=O) groups excluding carboxylic acids is 1. The third kappa shape index (κ3) is 1.52. The van der Waals surface area contributed by atoms with Gasteiger partial charge < -0.3 is 10.4 Å². The van der Waals surface area contributed by atoms with Gasteiger partial charge in [0.15, 0.2) is 0 Å². The molecule has 2 aromatic rings. The van der Waals surface area contributed by atoms with Gasteiger partial charge in [-0.1, -0.05) is 0 Å². The Kier molecular flexibility index (Phi) is 2.09. The highest BCUT2D eigenvalue weighted by molar-refractivity contribution is 6.11. The summed E-state index contributed by atoms with van der Waals surface area (Å²) >= 11 is 0. The predicted molar refractivity (Wildman–Crippen MR) is 61.8 cm³/mol. The molecule has 1 aromatic carbocycles. The standard InChI is InChI=1S/C11H10N4O3/c16-9(11(3-4-11)10(17)18)12-6-1-2-7-8(5-6)14-15-13-7/h1-2,5H,3-4H2,(H,12,16)(H,17,18)(H,13,14,15). The lowest BCUT2D eigenvalue weighted by atomic mass is 10.1. The van der Waals surface area contributed by atoms with E-state index < -0.39 is 17.3 Å². The molecular weight excluding hydrogens is 236 g/mol. The van der Waals surface area contributed by atoms with Crippen molar-refractivity contribution in [3.05, 3.63) is 18.2 Å². The Labute approximate surface area is 101 Å². The summed E-state index contributed by atoms with van der Waals surface area (Å²) in [5, 5.41) is 21.9. The van der Waals surface area contributed by atoms with E-state index in [9.17, 15) is 9.59 Å². The van der Waals surface area contributed by atoms with Crippen molar-refractivity contribution in [3.8, 4) is 0 Å². The van der Waals surface area contributed by atoms with Crippen molar-refractivity contribution in [3.63, 3.8) is 0 Å². The van der Waals surface area contributed by atoms with E-state index in [2.05, 4.69) is 20.7 Å². The van der Waals surface area contributed by atoms with Crippen LogP contribution in [0.2, 0.25) is 0 Å². The normalized spacial score (nSPS) is 16.4. The molecule has 7 nitrogen and oxygen atoms in total. The Bertz CT molecular complexity index is 645. The van der Waals surface area contributed by atoms with Gasteiger partial charge in [0.05, 0.1) is 0 Å². The van der Waals surface area contributed by atoms with Crippen molar-refractivity contribution in [1.82, 2.24) is 15.4 Å². The van der Waals surface area contributed by atoms with E-state index in [-0.39, 0.29) is 0 Å². The van der Waals surface area contributed by atoms with Gasteiger partial charge in [-0.3, -0.25) is 9.59 Å². The number of aliphatic carboxylic acids is 1. The number of H-pyrrole nitrogens is 1. The van der Waals surface area contributed by atoms with Crippen molar-refractivity contribution < 1.29 is 14.7 Å². The summed E-state index contributed by atoms with van der Waals surface area (Å²) in [4.78, 5) is 22.9. The Morgan fingerprint density at radius 2 is 2.00 bits per heavy atom. The molecule has 0 aliphatic heterocycles. The summed E-state index contributed by atoms with van der Waals surface area (Å²) in [7, 11) is 0. The second-order valence-electron chi connectivity index (χ2n) is 4.37. The van der Waals surface area contributed by atoms with Gasteiger partial charge >= 0.3 is 5.97 Å². The number of carboxylic acids is 1. The van der Waals surface area contributed by atoms with Crippen LogP contribution in [0.5, 0.6) is 0 Å². The number of aromatic nitrogens is 3. The van der Waals surface area contributed by atoms with Gasteiger partial charge in [0.2, 0.25) is 5.91 Å². The van der Waals surface area contributed by atoms with Gasteiger partial charge in [0.25, 0.3) is 0 Å². The number of carbonyl (C=O) groups is 2. The van der Waals surface area contributed by atoms with Gasteiger partial charge in [0.1, 0.15) is 16.4 Å². The molecule has 92 valence electrons. The molecule has 1 aromatic heterocycles. The van der Waals surface area contributed by atoms with Crippen LogP contribution in [0, 0.1) is 5.41 Å². The molecular formula is C11H10N4O3. The SMILES string of the molecule is O=C(O)C1(C(=O)Nc2ccc3n[nH]nc3c2)CC1. The van der Waals surface area contributed by atoms with Crippen molar-refractivity contribution in [2.75, 3.05) is 5.32 Å². The lowest BCUT2D eigenvalue weighted by Gasteiger charge is -2.10. The zero-order valence-corrected chi connectivity index (χ0v) is 9.30. The maximum absolute atomic E-state index is 11.9. The van der Waals surface area contributed by atoms with Crippen LogP contribution >= 0.6 is 0 Å². The van der Waals surface area contributed by atoms with E-state index in [0.717, 1.165) is 0 Å². The lowest BCUT2D eigenvalue weighted by Crippen LogP contribution is -2.31. The van der Waals surface area contributed by atoms with Crippen LogP contribution in [0.25, 0.3) is 11.0 Å². The minimum atomic E-state index is -1.24. The summed E-state index contributed by atoms with van der Waals surface area (Å²) in [6.45, 7) is 0. The summed E-state index contributed by atoms with van der Waals surface area (Å²) < 4.78 is 0. The summed E-state index contributed by atoms with van der Waals surface area (Å²) in [5.74, 6) is -1.54. The van der Waals surface area contributed by atoms with Crippen LogP contribution in [0.3, 0.4) is 0 Å². The Hall–Kier alpha value is -2.44. The maximum atomic E-state index is 11.9. The van der Waals surface area contributed by atoms with Crippen LogP contribution in [-0.4, -0.2) is 32.4 Å². The first-order valence-electron chi connectivity index (χ1n) is 5.47. The Balaban J connectivity index is 1.84. The lowest BCUT2D eigenvalue weighted by molar-refractivity contribution is -0.147. The molecule has 0 radical (unpaired) electrons. The number of nitrogens with one attached hydrogen (secondary N) is 2. The molecule has 0 unspecified atom stereocenters. The molecule has 1 aliphatic carbocycles. The summed E-state index contributed by atoms with van der Waals surface area (Å²) in [6, 6.07) is 5.02. The van der Waals surface area contributed by atoms with Crippen molar-refractivity contribution in [1.29, 1.82) is 0 Å². The molecule has 1 fully saturated rings. The van der Waals surface area contributed by atoms with Gasteiger partial charge in [-0.25, -0.2) is 0 Å². The monoisotopic (exact) mass is 246 g/mol. The van der Waals surface area contributed by atoms with Crippen molar-refractivity contribution in [2.45, 2.75) is 12.8 Å².